The Morgan fingerprint density at radius 1 is 1.04 bits per heavy atom. The minimum absolute atomic E-state index is 0.186. The topological polar surface area (TPSA) is 68.0 Å². The Balaban J connectivity index is 2.05. The molecule has 1 amide bonds. The summed E-state index contributed by atoms with van der Waals surface area (Å²) in [5.74, 6) is -0.186. The first-order valence-electron chi connectivity index (χ1n) is 8.43. The van der Waals surface area contributed by atoms with E-state index in [1.807, 2.05) is 36.4 Å². The van der Waals surface area contributed by atoms with Crippen molar-refractivity contribution in [2.24, 2.45) is 5.73 Å². The Bertz CT molecular complexity index is 928. The fourth-order valence-corrected chi connectivity index (χ4v) is 2.81. The summed E-state index contributed by atoms with van der Waals surface area (Å²) in [6, 6.07) is 16.8. The monoisotopic (exact) mass is 367 g/mol. The summed E-state index contributed by atoms with van der Waals surface area (Å²) in [5.41, 5.74) is 9.68. The van der Waals surface area contributed by atoms with Crippen LogP contribution in [0.5, 0.6) is 0 Å². The van der Waals surface area contributed by atoms with Crippen LogP contribution in [0.1, 0.15) is 18.5 Å². The van der Waals surface area contributed by atoms with Gasteiger partial charge in [0.1, 0.15) is 0 Å². The lowest BCUT2D eigenvalue weighted by molar-refractivity contribution is -0.114. The number of hydrogen-bond donors (Lipinski definition) is 2. The summed E-state index contributed by atoms with van der Waals surface area (Å²) in [6.07, 6.45) is -1.05. The summed E-state index contributed by atoms with van der Waals surface area (Å²) >= 11 is 0. The number of amides is 1. The van der Waals surface area contributed by atoms with Crippen LogP contribution in [0.4, 0.5) is 14.5 Å². The second-order valence-corrected chi connectivity index (χ2v) is 6.15. The number of carbonyl (C=O) groups excluding carboxylic acids is 1. The van der Waals surface area contributed by atoms with Crippen molar-refractivity contribution in [1.82, 2.24) is 4.98 Å². The van der Waals surface area contributed by atoms with Crippen LogP contribution in [0.15, 0.2) is 66.9 Å². The zero-order valence-electron chi connectivity index (χ0n) is 14.7. The second-order valence-electron chi connectivity index (χ2n) is 6.15. The minimum atomic E-state index is -2.62. The van der Waals surface area contributed by atoms with E-state index in [0.29, 0.717) is 16.9 Å². The summed E-state index contributed by atoms with van der Waals surface area (Å²) < 4.78 is 25.6. The molecule has 0 fully saturated rings. The van der Waals surface area contributed by atoms with Crippen LogP contribution in [-0.4, -0.2) is 17.3 Å². The van der Waals surface area contributed by atoms with E-state index in [9.17, 15) is 13.6 Å². The van der Waals surface area contributed by atoms with E-state index < -0.39 is 12.5 Å². The maximum Gasteiger partial charge on any atom is 0.257 e. The molecule has 0 saturated carbocycles. The minimum Gasteiger partial charge on any atom is -0.325 e. The Kier molecular flexibility index (Phi) is 5.57. The van der Waals surface area contributed by atoms with Gasteiger partial charge in [0.2, 0.25) is 5.91 Å². The lowest BCUT2D eigenvalue weighted by atomic mass is 9.97. The number of carbonyl (C=O) groups is 1. The number of halogens is 2. The molecule has 3 N–H and O–H groups in total. The number of aromatic nitrogens is 1. The number of rotatable bonds is 5. The van der Waals surface area contributed by atoms with Crippen molar-refractivity contribution in [3.05, 3.63) is 72.4 Å². The number of nitrogens with zero attached hydrogens (tertiary/aromatic N) is 1. The number of nitrogens with two attached hydrogens (primary N) is 1. The van der Waals surface area contributed by atoms with Crippen molar-refractivity contribution in [3.8, 4) is 22.4 Å². The number of nitrogens with one attached hydrogen (secondary N) is 1. The molecule has 3 rings (SSSR count). The molecule has 0 bridgehead atoms. The number of alkyl halides is 2. The molecule has 0 aliphatic rings. The SMILES string of the molecule is CC(=O)Nc1cnc(-c2ccc(C(N)C(F)F)cc2)c(-c2ccccc2)c1. The standard InChI is InChI=1S/C21H19F2N3O/c1-13(27)26-17-11-18(14-5-3-2-4-6-14)20(25-12-17)16-9-7-15(8-10-16)19(24)21(22)23/h2-12,19,21H,24H2,1H3,(H,26,27). The molecule has 2 aromatic carbocycles. The van der Waals surface area contributed by atoms with Gasteiger partial charge in [-0.05, 0) is 17.2 Å². The lowest BCUT2D eigenvalue weighted by Gasteiger charge is -2.14. The lowest BCUT2D eigenvalue weighted by Crippen LogP contribution is -2.18. The van der Waals surface area contributed by atoms with Gasteiger partial charge in [-0.25, -0.2) is 8.78 Å². The molecule has 6 heteroatoms. The van der Waals surface area contributed by atoms with Crippen molar-refractivity contribution in [3.63, 3.8) is 0 Å². The molecule has 4 nitrogen and oxygen atoms in total. The van der Waals surface area contributed by atoms with E-state index >= 15 is 0 Å². The van der Waals surface area contributed by atoms with Gasteiger partial charge in [0.15, 0.2) is 0 Å². The first kappa shape index (κ1) is 18.7. The van der Waals surface area contributed by atoms with E-state index in [2.05, 4.69) is 10.3 Å². The average Bonchev–Trinajstić information content (AvgIpc) is 2.67. The van der Waals surface area contributed by atoms with E-state index in [-0.39, 0.29) is 5.91 Å². The summed E-state index contributed by atoms with van der Waals surface area (Å²) in [5, 5.41) is 2.73. The molecular formula is C21H19F2N3O. The molecule has 27 heavy (non-hydrogen) atoms. The number of hydrogen-bond acceptors (Lipinski definition) is 3. The highest BCUT2D eigenvalue weighted by Crippen LogP contribution is 2.33. The zero-order valence-corrected chi connectivity index (χ0v) is 14.7. The number of pyridine rings is 1. The molecule has 1 aromatic heterocycles. The Hall–Kier alpha value is -3.12. The van der Waals surface area contributed by atoms with Crippen molar-refractivity contribution >= 4 is 11.6 Å². The fraction of sp³-hybridized carbons (Fsp3) is 0.143. The van der Waals surface area contributed by atoms with Gasteiger partial charge >= 0.3 is 0 Å². The number of benzene rings is 2. The van der Waals surface area contributed by atoms with Crippen LogP contribution in [0.25, 0.3) is 22.4 Å². The van der Waals surface area contributed by atoms with Gasteiger partial charge in [-0.2, -0.15) is 0 Å². The molecule has 1 atom stereocenters. The van der Waals surface area contributed by atoms with Crippen molar-refractivity contribution in [1.29, 1.82) is 0 Å². The molecule has 0 radical (unpaired) electrons. The Labute approximate surface area is 156 Å². The third kappa shape index (κ3) is 4.35. The average molecular weight is 367 g/mol. The van der Waals surface area contributed by atoms with Gasteiger partial charge in [-0.1, -0.05) is 54.6 Å². The smallest absolute Gasteiger partial charge is 0.257 e. The van der Waals surface area contributed by atoms with Gasteiger partial charge < -0.3 is 11.1 Å². The third-order valence-corrected chi connectivity index (χ3v) is 4.13. The van der Waals surface area contributed by atoms with E-state index in [1.165, 1.54) is 6.92 Å². The first-order valence-corrected chi connectivity index (χ1v) is 8.43. The molecule has 0 aliphatic heterocycles. The van der Waals surface area contributed by atoms with E-state index in [0.717, 1.165) is 16.7 Å². The van der Waals surface area contributed by atoms with Gasteiger partial charge in [0.25, 0.3) is 6.43 Å². The summed E-state index contributed by atoms with van der Waals surface area (Å²) in [6.45, 7) is 1.43. The predicted molar refractivity (Wildman–Crippen MR) is 102 cm³/mol. The van der Waals surface area contributed by atoms with Crippen LogP contribution in [0.3, 0.4) is 0 Å². The van der Waals surface area contributed by atoms with Gasteiger partial charge in [0.05, 0.1) is 23.6 Å². The quantitative estimate of drug-likeness (QED) is 0.690. The highest BCUT2D eigenvalue weighted by atomic mass is 19.3. The molecular weight excluding hydrogens is 348 g/mol. The Morgan fingerprint density at radius 2 is 1.70 bits per heavy atom. The molecule has 0 saturated heterocycles. The van der Waals surface area contributed by atoms with Crippen LogP contribution < -0.4 is 11.1 Å². The summed E-state index contributed by atoms with van der Waals surface area (Å²) in [7, 11) is 0. The molecule has 3 aromatic rings. The van der Waals surface area contributed by atoms with Crippen molar-refractivity contribution in [2.45, 2.75) is 19.4 Å². The fourth-order valence-electron chi connectivity index (χ4n) is 2.81. The number of anilines is 1. The van der Waals surface area contributed by atoms with E-state index in [4.69, 9.17) is 5.73 Å². The summed E-state index contributed by atoms with van der Waals surface area (Å²) in [4.78, 5) is 15.9. The van der Waals surface area contributed by atoms with Crippen LogP contribution in [0, 0.1) is 0 Å². The molecule has 1 unspecified atom stereocenters. The van der Waals surface area contributed by atoms with Crippen molar-refractivity contribution in [2.75, 3.05) is 5.32 Å². The maximum atomic E-state index is 12.8. The van der Waals surface area contributed by atoms with Crippen molar-refractivity contribution < 1.29 is 13.6 Å². The Morgan fingerprint density at radius 3 is 2.30 bits per heavy atom. The second kappa shape index (κ2) is 8.05. The molecule has 0 spiro atoms. The molecule has 1 heterocycles. The first-order chi connectivity index (χ1) is 13.0. The largest absolute Gasteiger partial charge is 0.325 e. The third-order valence-electron chi connectivity index (χ3n) is 4.13. The zero-order chi connectivity index (χ0) is 19.4. The molecule has 138 valence electrons. The predicted octanol–water partition coefficient (Wildman–Crippen LogP) is 4.64. The maximum absolute atomic E-state index is 12.8. The highest BCUT2D eigenvalue weighted by Gasteiger charge is 2.18. The highest BCUT2D eigenvalue weighted by molar-refractivity contribution is 5.91. The van der Waals surface area contributed by atoms with Gasteiger partial charge in [-0.3, -0.25) is 9.78 Å². The molecule has 0 aliphatic carbocycles. The normalized spacial score (nSPS) is 12.0. The van der Waals surface area contributed by atoms with E-state index in [1.54, 1.807) is 30.5 Å². The van der Waals surface area contributed by atoms with Gasteiger partial charge in [-0.15, -0.1) is 0 Å². The van der Waals surface area contributed by atoms with Crippen LogP contribution in [-0.2, 0) is 4.79 Å². The van der Waals surface area contributed by atoms with Gasteiger partial charge in [0, 0.05) is 18.1 Å². The van der Waals surface area contributed by atoms with Crippen LogP contribution >= 0.6 is 0 Å². The van der Waals surface area contributed by atoms with Crippen LogP contribution in [0.2, 0.25) is 0 Å².